The molecule has 368 valence electrons. The van der Waals surface area contributed by atoms with Crippen LogP contribution in [0, 0.1) is 0 Å². The molecule has 0 unspecified atom stereocenters. The minimum absolute atomic E-state index is 0.258. The molecule has 0 aromatic heterocycles. The van der Waals surface area contributed by atoms with E-state index in [9.17, 15) is 9.59 Å². The van der Waals surface area contributed by atoms with Gasteiger partial charge in [-0.3, -0.25) is 9.98 Å². The highest BCUT2D eigenvalue weighted by molar-refractivity contribution is 5.98. The number of benzene rings is 6. The van der Waals surface area contributed by atoms with Crippen LogP contribution < -0.4 is 18.9 Å². The van der Waals surface area contributed by atoms with Gasteiger partial charge in [0.15, 0.2) is 0 Å². The second-order valence-electron chi connectivity index (χ2n) is 18.2. The normalized spacial score (nSPS) is 11.4. The quantitative estimate of drug-likeness (QED) is 0.0181. The number of unbranched alkanes of at least 4 members (excludes halogenated alkanes) is 18. The molecule has 0 radical (unpaired) electrons. The molecule has 0 aliphatic heterocycles. The highest BCUT2D eigenvalue weighted by Crippen LogP contribution is 2.33. The first kappa shape index (κ1) is 52.8. The SMILES string of the molecule is CCCCCCCCCCCCOc1ccc(N=Cc2ccc(C(=O)Oc3cc(OC(=O)c4ccc(C=Nc5ccc(OCCCCCCCCCCCC)cc5)cc4)c4ccccc4c3)cc2)cc1. The Morgan fingerprint density at radius 2 is 0.814 bits per heavy atom. The molecule has 0 saturated carbocycles. The molecule has 6 aromatic rings. The number of nitrogens with zero attached hydrogens (tertiary/aromatic N) is 2. The second kappa shape index (κ2) is 30.8. The van der Waals surface area contributed by atoms with Crippen molar-refractivity contribution in [2.75, 3.05) is 13.2 Å². The molecule has 0 heterocycles. The number of fused-ring (bicyclic) bond motifs is 1. The van der Waals surface area contributed by atoms with Gasteiger partial charge in [-0.25, -0.2) is 9.59 Å². The Bertz CT molecular complexity index is 2500. The Morgan fingerprint density at radius 1 is 0.414 bits per heavy atom. The standard InChI is InChI=1S/C62H74N2O6/c1-3-5-7-9-11-13-15-17-19-23-43-67-56-39-35-54(36-40-56)63-47-49-27-31-51(32-28-49)61(65)69-58-45-53-25-21-22-26-59(53)60(46-58)70-62(66)52-33-29-50(30-34-52)48-64-55-37-41-57(42-38-55)68-44-24-20-18-16-14-12-10-8-6-4-2/h21-22,25-42,45-48H,3-20,23-24,43-44H2,1-2H3. The molecule has 0 saturated heterocycles. The van der Waals surface area contributed by atoms with Crippen LogP contribution in [0.2, 0.25) is 0 Å². The van der Waals surface area contributed by atoms with Crippen LogP contribution >= 0.6 is 0 Å². The van der Waals surface area contributed by atoms with Crippen LogP contribution in [-0.4, -0.2) is 37.6 Å². The van der Waals surface area contributed by atoms with Crippen LogP contribution in [0.5, 0.6) is 23.0 Å². The lowest BCUT2D eigenvalue weighted by Crippen LogP contribution is -2.11. The Balaban J connectivity index is 0.926. The summed E-state index contributed by atoms with van der Waals surface area (Å²) in [6.07, 6.45) is 29.5. The van der Waals surface area contributed by atoms with Gasteiger partial charge in [-0.15, -0.1) is 0 Å². The second-order valence-corrected chi connectivity index (χ2v) is 18.2. The molecule has 0 fully saturated rings. The summed E-state index contributed by atoms with van der Waals surface area (Å²) in [6, 6.07) is 40.5. The number of hydrogen-bond acceptors (Lipinski definition) is 8. The Hall–Kier alpha value is -6.54. The number of rotatable bonds is 32. The number of carbonyl (C=O) groups excluding carboxylic acids is 2. The molecule has 0 spiro atoms. The van der Waals surface area contributed by atoms with Gasteiger partial charge in [-0.1, -0.05) is 178 Å². The first-order chi connectivity index (χ1) is 34.5. The summed E-state index contributed by atoms with van der Waals surface area (Å²) in [5.41, 5.74) is 4.03. The van der Waals surface area contributed by atoms with Crippen LogP contribution in [0.1, 0.15) is 174 Å². The number of hydrogen-bond donors (Lipinski definition) is 0. The lowest BCUT2D eigenvalue weighted by Gasteiger charge is -2.11. The van der Waals surface area contributed by atoms with E-state index < -0.39 is 11.9 Å². The molecule has 0 atom stereocenters. The van der Waals surface area contributed by atoms with Crippen molar-refractivity contribution in [1.29, 1.82) is 0 Å². The Kier molecular flexibility index (Phi) is 23.3. The lowest BCUT2D eigenvalue weighted by molar-refractivity contribution is 0.0734. The van der Waals surface area contributed by atoms with Crippen LogP contribution in [0.4, 0.5) is 11.4 Å². The maximum atomic E-state index is 13.4. The highest BCUT2D eigenvalue weighted by Gasteiger charge is 2.16. The molecular formula is C62H74N2O6. The molecule has 8 heteroatoms. The summed E-state index contributed by atoms with van der Waals surface area (Å²) in [5.74, 6) is 1.16. The molecule has 6 aromatic carbocycles. The van der Waals surface area contributed by atoms with Gasteiger partial charge in [0.2, 0.25) is 0 Å². The van der Waals surface area contributed by atoms with Gasteiger partial charge in [0.05, 0.1) is 35.7 Å². The van der Waals surface area contributed by atoms with Gasteiger partial charge in [0, 0.05) is 23.9 Å². The van der Waals surface area contributed by atoms with Gasteiger partial charge in [-0.05, 0) is 108 Å². The van der Waals surface area contributed by atoms with E-state index in [1.54, 1.807) is 48.8 Å². The molecule has 0 N–H and O–H groups in total. The van der Waals surface area contributed by atoms with Gasteiger partial charge in [0.25, 0.3) is 0 Å². The van der Waals surface area contributed by atoms with E-state index in [2.05, 4.69) is 23.8 Å². The average molecular weight is 943 g/mol. The molecule has 0 aliphatic rings. The monoisotopic (exact) mass is 943 g/mol. The maximum absolute atomic E-state index is 13.4. The number of esters is 2. The Morgan fingerprint density at radius 3 is 1.26 bits per heavy atom. The maximum Gasteiger partial charge on any atom is 0.343 e. The van der Waals surface area contributed by atoms with Crippen molar-refractivity contribution in [1.82, 2.24) is 0 Å². The van der Waals surface area contributed by atoms with E-state index in [0.717, 1.165) is 65.4 Å². The van der Waals surface area contributed by atoms with E-state index in [0.29, 0.717) is 16.5 Å². The summed E-state index contributed by atoms with van der Waals surface area (Å²) >= 11 is 0. The van der Waals surface area contributed by atoms with E-state index in [-0.39, 0.29) is 11.5 Å². The Labute approximate surface area is 417 Å². The van der Waals surface area contributed by atoms with Crippen molar-refractivity contribution in [3.63, 3.8) is 0 Å². The third kappa shape index (κ3) is 19.1. The smallest absolute Gasteiger partial charge is 0.343 e. The lowest BCUT2D eigenvalue weighted by atomic mass is 10.1. The highest BCUT2D eigenvalue weighted by atomic mass is 16.5. The van der Waals surface area contributed by atoms with Crippen LogP contribution in [0.3, 0.4) is 0 Å². The number of aliphatic imine (C=N–C) groups is 2. The third-order valence-electron chi connectivity index (χ3n) is 12.4. The summed E-state index contributed by atoms with van der Waals surface area (Å²) in [7, 11) is 0. The van der Waals surface area contributed by atoms with Gasteiger partial charge in [-0.2, -0.15) is 0 Å². The van der Waals surface area contributed by atoms with E-state index in [1.165, 1.54) is 116 Å². The topological polar surface area (TPSA) is 95.8 Å². The van der Waals surface area contributed by atoms with Crippen LogP contribution in [-0.2, 0) is 0 Å². The summed E-state index contributed by atoms with van der Waals surface area (Å²) in [6.45, 7) is 5.97. The number of carbonyl (C=O) groups is 2. The zero-order chi connectivity index (χ0) is 48.9. The van der Waals surface area contributed by atoms with Crippen molar-refractivity contribution < 1.29 is 28.5 Å². The van der Waals surface area contributed by atoms with Gasteiger partial charge >= 0.3 is 11.9 Å². The van der Waals surface area contributed by atoms with Crippen molar-refractivity contribution >= 4 is 46.5 Å². The summed E-state index contributed by atoms with van der Waals surface area (Å²) in [5, 5.41) is 1.47. The fourth-order valence-electron chi connectivity index (χ4n) is 8.24. The van der Waals surface area contributed by atoms with Crippen LogP contribution in [0.15, 0.2) is 143 Å². The van der Waals surface area contributed by atoms with Crippen molar-refractivity contribution in [3.05, 3.63) is 156 Å². The minimum Gasteiger partial charge on any atom is -0.494 e. The predicted octanol–water partition coefficient (Wildman–Crippen LogP) is 17.4. The molecule has 8 nitrogen and oxygen atoms in total. The molecule has 0 amide bonds. The van der Waals surface area contributed by atoms with Crippen molar-refractivity contribution in [2.45, 2.75) is 142 Å². The van der Waals surface area contributed by atoms with Crippen LogP contribution in [0.25, 0.3) is 10.8 Å². The zero-order valence-electron chi connectivity index (χ0n) is 41.8. The molecule has 0 aliphatic carbocycles. The molecular weight excluding hydrogens is 869 g/mol. The van der Waals surface area contributed by atoms with Crippen molar-refractivity contribution in [2.24, 2.45) is 9.98 Å². The van der Waals surface area contributed by atoms with E-state index in [1.807, 2.05) is 97.1 Å². The fourth-order valence-corrected chi connectivity index (χ4v) is 8.24. The van der Waals surface area contributed by atoms with E-state index >= 15 is 0 Å². The largest absolute Gasteiger partial charge is 0.494 e. The average Bonchev–Trinajstić information content (AvgIpc) is 3.39. The van der Waals surface area contributed by atoms with E-state index in [4.69, 9.17) is 18.9 Å². The number of ether oxygens (including phenoxy) is 4. The molecule has 6 rings (SSSR count). The summed E-state index contributed by atoms with van der Waals surface area (Å²) in [4.78, 5) is 36.0. The third-order valence-corrected chi connectivity index (χ3v) is 12.4. The fraction of sp³-hybridized carbons (Fsp3) is 0.387. The first-order valence-electron chi connectivity index (χ1n) is 26.2. The minimum atomic E-state index is -0.537. The molecule has 70 heavy (non-hydrogen) atoms. The summed E-state index contributed by atoms with van der Waals surface area (Å²) < 4.78 is 23.7. The van der Waals surface area contributed by atoms with Gasteiger partial charge in [0.1, 0.15) is 23.0 Å². The van der Waals surface area contributed by atoms with Crippen molar-refractivity contribution in [3.8, 4) is 23.0 Å². The zero-order valence-corrected chi connectivity index (χ0v) is 41.8. The predicted molar refractivity (Wildman–Crippen MR) is 289 cm³/mol. The first-order valence-corrected chi connectivity index (χ1v) is 26.2. The molecule has 0 bridgehead atoms. The van der Waals surface area contributed by atoms with Gasteiger partial charge < -0.3 is 18.9 Å².